The number of hydrogen-bond acceptors (Lipinski definition) is 1. The Bertz CT molecular complexity index is 101. The van der Waals surface area contributed by atoms with Gasteiger partial charge in [0.15, 0.2) is 0 Å². The predicted molar refractivity (Wildman–Crippen MR) is 30.3 cm³/mol. The second-order valence-corrected chi connectivity index (χ2v) is 1.90. The van der Waals surface area contributed by atoms with Gasteiger partial charge in [-0.2, -0.15) is 0 Å². The summed E-state index contributed by atoms with van der Waals surface area (Å²) in [6.45, 7) is 3.36. The molecule has 2 heteroatoms. The lowest BCUT2D eigenvalue weighted by atomic mass is 10.3. The molecule has 0 saturated heterocycles. The van der Waals surface area contributed by atoms with Crippen molar-refractivity contribution in [1.82, 2.24) is 0 Å². The van der Waals surface area contributed by atoms with E-state index in [1.165, 1.54) is 0 Å². The van der Waals surface area contributed by atoms with Gasteiger partial charge >= 0.3 is 0 Å². The summed E-state index contributed by atoms with van der Waals surface area (Å²) in [4.78, 5) is 9.80. The van der Waals surface area contributed by atoms with Gasteiger partial charge in [-0.15, -0.1) is 0 Å². The van der Waals surface area contributed by atoms with Crippen LogP contribution in [0.3, 0.4) is 0 Å². The Morgan fingerprint density at radius 1 is 1.57 bits per heavy atom. The van der Waals surface area contributed by atoms with E-state index >= 15 is 0 Å². The molecule has 0 saturated carbocycles. The molecule has 0 aliphatic heterocycles. The van der Waals surface area contributed by atoms with E-state index in [0.717, 1.165) is 6.29 Å². The van der Waals surface area contributed by atoms with Crippen LogP contribution in [-0.2, 0) is 4.79 Å². The number of carbonyl (C=O) groups is 1. The molecule has 0 fully saturated rings. The van der Waals surface area contributed by atoms with Gasteiger partial charge in [0.2, 0.25) is 0 Å². The van der Waals surface area contributed by atoms with E-state index < -0.39 is 0 Å². The van der Waals surface area contributed by atoms with E-state index in [4.69, 9.17) is 11.6 Å². The molecule has 0 heterocycles. The first-order chi connectivity index (χ1) is 3.18. The van der Waals surface area contributed by atoms with Crippen molar-refractivity contribution < 1.29 is 4.79 Å². The van der Waals surface area contributed by atoms with Crippen molar-refractivity contribution in [1.29, 1.82) is 0 Å². The normalized spacial score (nSPS) is 13.0. The van der Waals surface area contributed by atoms with E-state index in [0.29, 0.717) is 10.6 Å². The van der Waals surface area contributed by atoms with E-state index in [9.17, 15) is 4.79 Å². The van der Waals surface area contributed by atoms with Gasteiger partial charge in [0, 0.05) is 10.6 Å². The van der Waals surface area contributed by atoms with Crippen LogP contribution in [0.15, 0.2) is 10.6 Å². The molecule has 0 aromatic rings. The standard InChI is InChI=1S/C5H7ClO/c1-4(3-7)5(2)6/h3H,1-2H3. The number of rotatable bonds is 1. The monoisotopic (exact) mass is 118 g/mol. The Kier molecular flexibility index (Phi) is 2.68. The fourth-order valence-corrected chi connectivity index (χ4v) is 0.126. The van der Waals surface area contributed by atoms with Crippen LogP contribution < -0.4 is 0 Å². The van der Waals surface area contributed by atoms with Crippen LogP contribution in [0.25, 0.3) is 0 Å². The number of halogens is 1. The summed E-state index contributed by atoms with van der Waals surface area (Å²) in [5.41, 5.74) is 0.599. The molecular weight excluding hydrogens is 112 g/mol. The predicted octanol–water partition coefficient (Wildman–Crippen LogP) is 1.72. The van der Waals surface area contributed by atoms with Gasteiger partial charge in [0.05, 0.1) is 0 Å². The van der Waals surface area contributed by atoms with Crippen LogP contribution in [0, 0.1) is 0 Å². The molecular formula is C5H7ClO. The summed E-state index contributed by atoms with van der Waals surface area (Å²) in [7, 11) is 0. The SMILES string of the molecule is CC(Cl)=C(C)C=O. The fourth-order valence-electron chi connectivity index (χ4n) is 0.0812. The lowest BCUT2D eigenvalue weighted by Gasteiger charge is -1.84. The van der Waals surface area contributed by atoms with E-state index in [2.05, 4.69) is 0 Å². The highest BCUT2D eigenvalue weighted by molar-refractivity contribution is 6.30. The van der Waals surface area contributed by atoms with Crippen molar-refractivity contribution in [2.45, 2.75) is 13.8 Å². The van der Waals surface area contributed by atoms with Crippen molar-refractivity contribution in [3.8, 4) is 0 Å². The summed E-state index contributed by atoms with van der Waals surface area (Å²) in [6.07, 6.45) is 0.738. The van der Waals surface area contributed by atoms with E-state index in [1.807, 2.05) is 0 Å². The molecule has 0 spiro atoms. The molecule has 0 unspecified atom stereocenters. The number of carbonyl (C=O) groups excluding carboxylic acids is 1. The van der Waals surface area contributed by atoms with Crippen LogP contribution in [0.4, 0.5) is 0 Å². The molecule has 1 nitrogen and oxygen atoms in total. The molecule has 0 aliphatic rings. The van der Waals surface area contributed by atoms with Gasteiger partial charge in [-0.05, 0) is 13.8 Å². The lowest BCUT2D eigenvalue weighted by molar-refractivity contribution is -0.104. The Hall–Kier alpha value is -0.300. The maximum absolute atomic E-state index is 9.80. The molecule has 0 rings (SSSR count). The third-order valence-electron chi connectivity index (χ3n) is 0.720. The lowest BCUT2D eigenvalue weighted by Crippen LogP contribution is -1.75. The summed E-state index contributed by atoms with van der Waals surface area (Å²) in [5, 5.41) is 0.565. The zero-order chi connectivity index (χ0) is 5.86. The average molecular weight is 119 g/mol. The highest BCUT2D eigenvalue weighted by Gasteiger charge is 1.85. The van der Waals surface area contributed by atoms with Gasteiger partial charge in [-0.3, -0.25) is 4.79 Å². The van der Waals surface area contributed by atoms with Crippen molar-refractivity contribution in [3.63, 3.8) is 0 Å². The van der Waals surface area contributed by atoms with Crippen molar-refractivity contribution in [2.75, 3.05) is 0 Å². The van der Waals surface area contributed by atoms with Gasteiger partial charge in [0.25, 0.3) is 0 Å². The van der Waals surface area contributed by atoms with Gasteiger partial charge < -0.3 is 0 Å². The average Bonchev–Trinajstić information content (AvgIpc) is 1.65. The Labute approximate surface area is 48.0 Å². The largest absolute Gasteiger partial charge is 0.298 e. The topological polar surface area (TPSA) is 17.1 Å². The zero-order valence-electron chi connectivity index (χ0n) is 4.36. The Morgan fingerprint density at radius 2 is 2.00 bits per heavy atom. The summed E-state index contributed by atoms with van der Waals surface area (Å²) < 4.78 is 0. The zero-order valence-corrected chi connectivity index (χ0v) is 5.12. The minimum Gasteiger partial charge on any atom is -0.298 e. The molecule has 0 aromatic carbocycles. The number of aldehydes is 1. The first-order valence-corrected chi connectivity index (χ1v) is 2.34. The van der Waals surface area contributed by atoms with Gasteiger partial charge in [-0.1, -0.05) is 11.6 Å². The molecule has 0 aliphatic carbocycles. The maximum Gasteiger partial charge on any atom is 0.146 e. The van der Waals surface area contributed by atoms with E-state index in [-0.39, 0.29) is 0 Å². The minimum absolute atomic E-state index is 0.565. The number of hydrogen-bond donors (Lipinski definition) is 0. The Morgan fingerprint density at radius 3 is 2.00 bits per heavy atom. The van der Waals surface area contributed by atoms with Crippen molar-refractivity contribution in [2.24, 2.45) is 0 Å². The molecule has 0 amide bonds. The first kappa shape index (κ1) is 6.70. The van der Waals surface area contributed by atoms with Crippen molar-refractivity contribution in [3.05, 3.63) is 10.6 Å². The highest BCUT2D eigenvalue weighted by atomic mass is 35.5. The molecule has 0 aromatic heterocycles. The summed E-state index contributed by atoms with van der Waals surface area (Å²) in [5.74, 6) is 0. The smallest absolute Gasteiger partial charge is 0.146 e. The molecule has 0 N–H and O–H groups in total. The van der Waals surface area contributed by atoms with Gasteiger partial charge in [-0.25, -0.2) is 0 Å². The van der Waals surface area contributed by atoms with E-state index in [1.54, 1.807) is 13.8 Å². The van der Waals surface area contributed by atoms with Crippen LogP contribution in [0.1, 0.15) is 13.8 Å². The third kappa shape index (κ3) is 2.40. The minimum atomic E-state index is 0.565. The molecule has 0 atom stereocenters. The summed E-state index contributed by atoms with van der Waals surface area (Å²) >= 11 is 5.38. The van der Waals surface area contributed by atoms with Crippen LogP contribution in [0.5, 0.6) is 0 Å². The third-order valence-corrected chi connectivity index (χ3v) is 1.02. The van der Waals surface area contributed by atoms with Crippen LogP contribution in [-0.4, -0.2) is 6.29 Å². The highest BCUT2D eigenvalue weighted by Crippen LogP contribution is 2.03. The second-order valence-electron chi connectivity index (χ2n) is 1.33. The van der Waals surface area contributed by atoms with Crippen molar-refractivity contribution >= 4 is 17.9 Å². The van der Waals surface area contributed by atoms with Gasteiger partial charge in [0.1, 0.15) is 6.29 Å². The quantitative estimate of drug-likeness (QED) is 0.379. The molecule has 0 radical (unpaired) electrons. The second kappa shape index (κ2) is 2.80. The Balaban J connectivity index is 3.98. The molecule has 40 valence electrons. The number of allylic oxidation sites excluding steroid dienone is 2. The van der Waals surface area contributed by atoms with Crippen LogP contribution in [0.2, 0.25) is 0 Å². The fraction of sp³-hybridized carbons (Fsp3) is 0.400. The maximum atomic E-state index is 9.80. The van der Waals surface area contributed by atoms with Crippen LogP contribution >= 0.6 is 11.6 Å². The molecule has 0 bridgehead atoms. The first-order valence-electron chi connectivity index (χ1n) is 1.96. The molecule has 7 heavy (non-hydrogen) atoms. The summed E-state index contributed by atoms with van der Waals surface area (Å²) in [6, 6.07) is 0.